The van der Waals surface area contributed by atoms with Crippen LogP contribution in [0.2, 0.25) is 0 Å². The lowest BCUT2D eigenvalue weighted by Gasteiger charge is -2.00. The van der Waals surface area contributed by atoms with Crippen molar-refractivity contribution in [2.45, 2.75) is 13.0 Å². The van der Waals surface area contributed by atoms with Gasteiger partial charge in [-0.25, -0.2) is 9.78 Å². The van der Waals surface area contributed by atoms with Crippen LogP contribution in [0.3, 0.4) is 0 Å². The maximum Gasteiger partial charge on any atom is 0.243 e. The van der Waals surface area contributed by atoms with Gasteiger partial charge in [0, 0.05) is 18.9 Å². The first-order chi connectivity index (χ1) is 5.88. The van der Waals surface area contributed by atoms with Gasteiger partial charge < -0.3 is 10.3 Å². The molecule has 5 heteroatoms. The van der Waals surface area contributed by atoms with Gasteiger partial charge in [0.15, 0.2) is 0 Å². The molecule has 1 aromatic heterocycles. The Balaban J connectivity index is 2.70. The Morgan fingerprint density at radius 1 is 1.75 bits per heavy atom. The summed E-state index contributed by atoms with van der Waals surface area (Å²) in [7, 11) is 0. The highest BCUT2D eigenvalue weighted by Gasteiger charge is 1.98. The lowest BCUT2D eigenvalue weighted by molar-refractivity contribution is 0.564. The van der Waals surface area contributed by atoms with Gasteiger partial charge in [0.1, 0.15) is 0 Å². The van der Waals surface area contributed by atoms with E-state index < -0.39 is 0 Å². The van der Waals surface area contributed by atoms with Gasteiger partial charge in [-0.15, -0.1) is 4.99 Å². The summed E-state index contributed by atoms with van der Waals surface area (Å²) in [5.41, 5.74) is 5.33. The molecule has 12 heavy (non-hydrogen) atoms. The third-order valence-electron chi connectivity index (χ3n) is 1.44. The maximum atomic E-state index is 9.93. The van der Waals surface area contributed by atoms with Crippen molar-refractivity contribution in [3.8, 4) is 0 Å². The number of aliphatic imine (C=N–C) groups is 1. The van der Waals surface area contributed by atoms with Crippen LogP contribution in [0.1, 0.15) is 6.42 Å². The second-order valence-corrected chi connectivity index (χ2v) is 2.27. The van der Waals surface area contributed by atoms with Crippen LogP contribution >= 0.6 is 0 Å². The fourth-order valence-corrected chi connectivity index (χ4v) is 0.891. The average Bonchev–Trinajstić information content (AvgIpc) is 2.50. The van der Waals surface area contributed by atoms with Gasteiger partial charge >= 0.3 is 0 Å². The third-order valence-corrected chi connectivity index (χ3v) is 1.44. The van der Waals surface area contributed by atoms with E-state index in [1.54, 1.807) is 17.0 Å². The highest BCUT2D eigenvalue weighted by Crippen LogP contribution is 2.07. The van der Waals surface area contributed by atoms with Gasteiger partial charge in [-0.3, -0.25) is 0 Å². The van der Waals surface area contributed by atoms with E-state index in [1.165, 1.54) is 6.08 Å². The molecule has 0 saturated carbocycles. The molecule has 0 radical (unpaired) electrons. The minimum absolute atomic E-state index is 0.387. The summed E-state index contributed by atoms with van der Waals surface area (Å²) in [5, 5.41) is 0. The number of hydrogen-bond acceptors (Lipinski definition) is 4. The van der Waals surface area contributed by atoms with Crippen LogP contribution in [0.15, 0.2) is 17.4 Å². The predicted octanol–water partition coefficient (Wildman–Crippen LogP) is 0.199. The maximum absolute atomic E-state index is 9.93. The molecular weight excluding hydrogens is 156 g/mol. The lowest BCUT2D eigenvalue weighted by Crippen LogP contribution is -2.04. The molecule has 0 aliphatic rings. The Morgan fingerprint density at radius 3 is 3.25 bits per heavy atom. The van der Waals surface area contributed by atoms with E-state index in [-0.39, 0.29) is 0 Å². The van der Waals surface area contributed by atoms with Crippen molar-refractivity contribution in [1.82, 2.24) is 9.55 Å². The van der Waals surface area contributed by atoms with Gasteiger partial charge in [-0.05, 0) is 13.0 Å². The Bertz CT molecular complexity index is 287. The van der Waals surface area contributed by atoms with Crippen molar-refractivity contribution in [2.75, 3.05) is 6.54 Å². The van der Waals surface area contributed by atoms with E-state index in [4.69, 9.17) is 5.73 Å². The average molecular weight is 166 g/mol. The molecule has 0 spiro atoms. The number of aryl methyl sites for hydroxylation is 1. The van der Waals surface area contributed by atoms with Crippen molar-refractivity contribution < 1.29 is 4.79 Å². The molecule has 0 aliphatic heterocycles. The standard InChI is InChI=1S/C7H10N4O/c8-2-1-4-11-5-3-9-7(11)10-6-12/h3,5H,1-2,4,8H2. The molecular formula is C7H10N4O. The number of nitrogens with two attached hydrogens (primary N) is 1. The molecule has 1 heterocycles. The molecule has 0 fully saturated rings. The van der Waals surface area contributed by atoms with Crippen molar-refractivity contribution in [1.29, 1.82) is 0 Å². The van der Waals surface area contributed by atoms with Gasteiger partial charge in [-0.1, -0.05) is 0 Å². The van der Waals surface area contributed by atoms with E-state index in [2.05, 4.69) is 9.98 Å². The first-order valence-electron chi connectivity index (χ1n) is 3.67. The Hall–Kier alpha value is -1.45. The van der Waals surface area contributed by atoms with Gasteiger partial charge in [0.25, 0.3) is 0 Å². The molecule has 0 aromatic carbocycles. The zero-order valence-electron chi connectivity index (χ0n) is 6.60. The van der Waals surface area contributed by atoms with E-state index in [9.17, 15) is 4.79 Å². The van der Waals surface area contributed by atoms with Crippen LogP contribution < -0.4 is 5.73 Å². The number of rotatable bonds is 4. The highest BCUT2D eigenvalue weighted by molar-refractivity contribution is 5.41. The first kappa shape index (κ1) is 8.64. The van der Waals surface area contributed by atoms with E-state index in [1.807, 2.05) is 0 Å². The summed E-state index contributed by atoms with van der Waals surface area (Å²) in [6.45, 7) is 1.35. The first-order valence-corrected chi connectivity index (χ1v) is 3.67. The molecule has 2 N–H and O–H groups in total. The number of aromatic nitrogens is 2. The van der Waals surface area contributed by atoms with Crippen molar-refractivity contribution in [2.24, 2.45) is 10.7 Å². The SMILES string of the molecule is NCCCn1ccnc1N=C=O. The summed E-state index contributed by atoms with van der Waals surface area (Å²) < 4.78 is 1.76. The van der Waals surface area contributed by atoms with E-state index in [0.717, 1.165) is 13.0 Å². The molecule has 1 aromatic rings. The Morgan fingerprint density at radius 2 is 2.58 bits per heavy atom. The van der Waals surface area contributed by atoms with E-state index >= 15 is 0 Å². The second-order valence-electron chi connectivity index (χ2n) is 2.27. The normalized spacial score (nSPS) is 9.42. The number of isocyanates is 1. The fourth-order valence-electron chi connectivity index (χ4n) is 0.891. The molecule has 0 unspecified atom stereocenters. The van der Waals surface area contributed by atoms with Crippen LogP contribution in [0.5, 0.6) is 0 Å². The zero-order valence-corrected chi connectivity index (χ0v) is 6.60. The smallest absolute Gasteiger partial charge is 0.243 e. The molecule has 1 rings (SSSR count). The molecule has 0 saturated heterocycles. The highest BCUT2D eigenvalue weighted by atomic mass is 16.1. The van der Waals surface area contributed by atoms with E-state index in [0.29, 0.717) is 12.5 Å². The summed E-state index contributed by atoms with van der Waals surface area (Å²) in [5.74, 6) is 0.387. The van der Waals surface area contributed by atoms with Crippen molar-refractivity contribution in [3.63, 3.8) is 0 Å². The summed E-state index contributed by atoms with van der Waals surface area (Å²) >= 11 is 0. The van der Waals surface area contributed by atoms with Crippen LogP contribution in [-0.2, 0) is 11.3 Å². The minimum atomic E-state index is 0.387. The van der Waals surface area contributed by atoms with Crippen LogP contribution in [-0.4, -0.2) is 22.2 Å². The largest absolute Gasteiger partial charge is 0.330 e. The second kappa shape index (κ2) is 4.43. The van der Waals surface area contributed by atoms with Gasteiger partial charge in [-0.2, -0.15) is 0 Å². The predicted molar refractivity (Wildman–Crippen MR) is 43.7 cm³/mol. The minimum Gasteiger partial charge on any atom is -0.330 e. The molecule has 0 aliphatic carbocycles. The summed E-state index contributed by atoms with van der Waals surface area (Å²) in [6.07, 6.45) is 5.64. The number of carbonyl (C=O) groups excluding carboxylic acids is 1. The summed E-state index contributed by atoms with van der Waals surface area (Å²) in [6, 6.07) is 0. The van der Waals surface area contributed by atoms with Crippen molar-refractivity contribution in [3.05, 3.63) is 12.4 Å². The molecule has 0 atom stereocenters. The quantitative estimate of drug-likeness (QED) is 0.513. The monoisotopic (exact) mass is 166 g/mol. The van der Waals surface area contributed by atoms with Crippen LogP contribution in [0.25, 0.3) is 0 Å². The Kier molecular flexibility index (Phi) is 3.19. The van der Waals surface area contributed by atoms with Crippen molar-refractivity contribution >= 4 is 12.0 Å². The molecule has 64 valence electrons. The Labute approximate surface area is 69.9 Å². The molecule has 0 bridgehead atoms. The number of imidazole rings is 1. The fraction of sp³-hybridized carbons (Fsp3) is 0.429. The van der Waals surface area contributed by atoms with Crippen LogP contribution in [0, 0.1) is 0 Å². The van der Waals surface area contributed by atoms with Gasteiger partial charge in [0.2, 0.25) is 12.0 Å². The van der Waals surface area contributed by atoms with Gasteiger partial charge in [0.05, 0.1) is 0 Å². The zero-order chi connectivity index (χ0) is 8.81. The number of nitrogens with zero attached hydrogens (tertiary/aromatic N) is 3. The third kappa shape index (κ3) is 2.02. The van der Waals surface area contributed by atoms with Crippen LogP contribution in [0.4, 0.5) is 5.95 Å². The molecule has 0 amide bonds. The lowest BCUT2D eigenvalue weighted by atomic mass is 10.4. The number of hydrogen-bond donors (Lipinski definition) is 1. The topological polar surface area (TPSA) is 73.3 Å². The summed E-state index contributed by atoms with van der Waals surface area (Å²) in [4.78, 5) is 17.2. The molecule has 5 nitrogen and oxygen atoms in total.